The molecule has 2 rings (SSSR count). The Morgan fingerprint density at radius 3 is 2.58 bits per heavy atom. The second-order valence-corrected chi connectivity index (χ2v) is 5.05. The lowest BCUT2D eigenvalue weighted by Crippen LogP contribution is -2.09. The highest BCUT2D eigenvalue weighted by Crippen LogP contribution is 2.32. The van der Waals surface area contributed by atoms with E-state index in [1.54, 1.807) is 23.9 Å². The van der Waals surface area contributed by atoms with Crippen molar-refractivity contribution in [3.63, 3.8) is 0 Å². The van der Waals surface area contributed by atoms with Gasteiger partial charge in [0.25, 0.3) is 0 Å². The van der Waals surface area contributed by atoms with Crippen molar-refractivity contribution in [2.45, 2.75) is 4.90 Å². The minimum atomic E-state index is -0.485. The van der Waals surface area contributed by atoms with Gasteiger partial charge in [-0.25, -0.2) is 4.39 Å². The number of rotatable bonds is 4. The number of halogens is 1. The fraction of sp³-hybridized carbons (Fsp3) is 0.0714. The third-order valence-corrected chi connectivity index (χ3v) is 3.52. The van der Waals surface area contributed by atoms with Gasteiger partial charge < -0.3 is 10.5 Å². The highest BCUT2D eigenvalue weighted by atomic mass is 32.2. The molecule has 5 heteroatoms. The van der Waals surface area contributed by atoms with Crippen LogP contribution in [0.5, 0.6) is 11.5 Å². The summed E-state index contributed by atoms with van der Waals surface area (Å²) in [5.74, 6) is 0.291. The van der Waals surface area contributed by atoms with Gasteiger partial charge in [-0.1, -0.05) is 24.4 Å². The van der Waals surface area contributed by atoms with E-state index < -0.39 is 5.82 Å². The number of nitrogens with two attached hydrogens (primary N) is 1. The summed E-state index contributed by atoms with van der Waals surface area (Å²) in [4.78, 5) is 1.11. The minimum absolute atomic E-state index is 0.154. The van der Waals surface area contributed by atoms with E-state index in [0.29, 0.717) is 11.3 Å². The number of hydrogen-bond donors (Lipinski definition) is 1. The first kappa shape index (κ1) is 13.8. The molecule has 98 valence electrons. The Morgan fingerprint density at radius 1 is 1.21 bits per heavy atom. The largest absolute Gasteiger partial charge is 0.453 e. The van der Waals surface area contributed by atoms with Gasteiger partial charge in [-0.2, -0.15) is 0 Å². The molecule has 0 amide bonds. The van der Waals surface area contributed by atoms with Crippen LogP contribution in [0.4, 0.5) is 4.39 Å². The summed E-state index contributed by atoms with van der Waals surface area (Å²) in [7, 11) is 0. The molecule has 0 unspecified atom stereocenters. The van der Waals surface area contributed by atoms with Gasteiger partial charge in [0.05, 0.1) is 0 Å². The Kier molecular flexibility index (Phi) is 4.39. The van der Waals surface area contributed by atoms with Crippen molar-refractivity contribution in [3.8, 4) is 11.5 Å². The third-order valence-electron chi connectivity index (χ3n) is 2.51. The molecule has 0 aliphatic heterocycles. The fourth-order valence-corrected chi connectivity index (χ4v) is 2.21. The predicted molar refractivity (Wildman–Crippen MR) is 80.6 cm³/mol. The normalized spacial score (nSPS) is 10.2. The molecule has 0 radical (unpaired) electrons. The molecule has 0 aromatic heterocycles. The van der Waals surface area contributed by atoms with Crippen LogP contribution in [0.2, 0.25) is 0 Å². The molecule has 0 aliphatic rings. The standard InChI is InChI=1S/C14H12FNOS2/c1-19-13-5-3-2-4-12(13)17-11-7-6-9(14(16)18)8-10(11)15/h2-8H,1H3,(H2,16,18). The van der Waals surface area contributed by atoms with Crippen LogP contribution in [0.1, 0.15) is 5.56 Å². The molecule has 2 aromatic carbocycles. The summed E-state index contributed by atoms with van der Waals surface area (Å²) in [6.45, 7) is 0. The summed E-state index contributed by atoms with van der Waals surface area (Å²) >= 11 is 6.34. The van der Waals surface area contributed by atoms with Gasteiger partial charge in [0.1, 0.15) is 10.7 Å². The van der Waals surface area contributed by atoms with Crippen molar-refractivity contribution in [1.29, 1.82) is 0 Å². The van der Waals surface area contributed by atoms with E-state index in [0.717, 1.165) is 4.90 Å². The Balaban J connectivity index is 2.31. The molecule has 0 heterocycles. The monoisotopic (exact) mass is 293 g/mol. The first-order valence-electron chi connectivity index (χ1n) is 5.52. The molecule has 0 spiro atoms. The molecule has 2 N–H and O–H groups in total. The van der Waals surface area contributed by atoms with Crippen LogP contribution in [0.15, 0.2) is 47.4 Å². The fourth-order valence-electron chi connectivity index (χ4n) is 1.56. The van der Waals surface area contributed by atoms with Crippen LogP contribution in [-0.4, -0.2) is 11.2 Å². The number of para-hydroxylation sites is 1. The van der Waals surface area contributed by atoms with Crippen molar-refractivity contribution in [1.82, 2.24) is 0 Å². The molecular formula is C14H12FNOS2. The van der Waals surface area contributed by atoms with Crippen molar-refractivity contribution < 1.29 is 9.13 Å². The molecule has 0 saturated heterocycles. The van der Waals surface area contributed by atoms with Gasteiger partial charge in [-0.15, -0.1) is 11.8 Å². The maximum absolute atomic E-state index is 13.9. The lowest BCUT2D eigenvalue weighted by molar-refractivity contribution is 0.433. The van der Waals surface area contributed by atoms with Crippen LogP contribution >= 0.6 is 24.0 Å². The van der Waals surface area contributed by atoms with Crippen LogP contribution in [-0.2, 0) is 0 Å². The SMILES string of the molecule is CSc1ccccc1Oc1ccc(C(N)=S)cc1F. The lowest BCUT2D eigenvalue weighted by Gasteiger charge is -2.10. The zero-order valence-electron chi connectivity index (χ0n) is 10.2. The van der Waals surface area contributed by atoms with Gasteiger partial charge in [0, 0.05) is 10.5 Å². The van der Waals surface area contributed by atoms with Gasteiger partial charge in [0.15, 0.2) is 11.6 Å². The first-order valence-corrected chi connectivity index (χ1v) is 7.15. The van der Waals surface area contributed by atoms with Crippen molar-refractivity contribution in [2.24, 2.45) is 5.73 Å². The minimum Gasteiger partial charge on any atom is -0.453 e. The highest BCUT2D eigenvalue weighted by Gasteiger charge is 2.09. The molecule has 19 heavy (non-hydrogen) atoms. The third kappa shape index (κ3) is 3.24. The molecule has 2 nitrogen and oxygen atoms in total. The number of hydrogen-bond acceptors (Lipinski definition) is 3. The predicted octanol–water partition coefficient (Wildman–Crippen LogP) is 3.97. The van der Waals surface area contributed by atoms with E-state index in [-0.39, 0.29) is 10.7 Å². The molecule has 0 saturated carbocycles. The second kappa shape index (κ2) is 6.04. The second-order valence-electron chi connectivity index (χ2n) is 3.76. The van der Waals surface area contributed by atoms with E-state index in [2.05, 4.69) is 0 Å². The first-order chi connectivity index (χ1) is 9.11. The number of benzene rings is 2. The Labute approximate surface area is 120 Å². The van der Waals surface area contributed by atoms with E-state index in [4.69, 9.17) is 22.7 Å². The van der Waals surface area contributed by atoms with Gasteiger partial charge in [0.2, 0.25) is 0 Å². The molecular weight excluding hydrogens is 281 g/mol. The number of ether oxygens (including phenoxy) is 1. The maximum atomic E-state index is 13.9. The topological polar surface area (TPSA) is 35.2 Å². The Hall–Kier alpha value is -1.59. The summed E-state index contributed by atoms with van der Waals surface area (Å²) in [5, 5.41) is 0. The molecule has 0 bridgehead atoms. The van der Waals surface area contributed by atoms with Gasteiger partial charge in [-0.3, -0.25) is 0 Å². The molecule has 2 aromatic rings. The van der Waals surface area contributed by atoms with Crippen molar-refractivity contribution in [3.05, 3.63) is 53.8 Å². The number of thioether (sulfide) groups is 1. The molecule has 0 atom stereocenters. The smallest absolute Gasteiger partial charge is 0.166 e. The quantitative estimate of drug-likeness (QED) is 0.683. The van der Waals surface area contributed by atoms with Gasteiger partial charge in [-0.05, 0) is 36.6 Å². The average Bonchev–Trinajstić information content (AvgIpc) is 2.41. The average molecular weight is 293 g/mol. The van der Waals surface area contributed by atoms with Crippen LogP contribution in [0.3, 0.4) is 0 Å². The lowest BCUT2D eigenvalue weighted by atomic mass is 10.2. The van der Waals surface area contributed by atoms with Gasteiger partial charge >= 0.3 is 0 Å². The summed E-state index contributed by atoms with van der Waals surface area (Å²) in [6, 6.07) is 11.9. The van der Waals surface area contributed by atoms with Crippen LogP contribution in [0, 0.1) is 5.82 Å². The highest BCUT2D eigenvalue weighted by molar-refractivity contribution is 7.98. The van der Waals surface area contributed by atoms with Crippen LogP contribution in [0.25, 0.3) is 0 Å². The van der Waals surface area contributed by atoms with E-state index >= 15 is 0 Å². The zero-order chi connectivity index (χ0) is 13.8. The Morgan fingerprint density at radius 2 is 1.95 bits per heavy atom. The maximum Gasteiger partial charge on any atom is 0.166 e. The molecule has 0 aliphatic carbocycles. The Bertz CT molecular complexity index is 616. The summed E-state index contributed by atoms with van der Waals surface area (Å²) in [6.07, 6.45) is 1.94. The summed E-state index contributed by atoms with van der Waals surface area (Å²) < 4.78 is 19.5. The van der Waals surface area contributed by atoms with Crippen molar-refractivity contribution >= 4 is 29.0 Å². The van der Waals surface area contributed by atoms with Crippen molar-refractivity contribution in [2.75, 3.05) is 6.26 Å². The molecule has 0 fully saturated rings. The zero-order valence-corrected chi connectivity index (χ0v) is 11.9. The van der Waals surface area contributed by atoms with E-state index in [1.807, 2.05) is 24.5 Å². The van der Waals surface area contributed by atoms with E-state index in [9.17, 15) is 4.39 Å². The van der Waals surface area contributed by atoms with E-state index in [1.165, 1.54) is 12.1 Å². The number of thiocarbonyl (C=S) groups is 1. The van der Waals surface area contributed by atoms with Crippen LogP contribution < -0.4 is 10.5 Å². The summed E-state index contributed by atoms with van der Waals surface area (Å²) in [5.41, 5.74) is 5.94.